The lowest BCUT2D eigenvalue weighted by atomic mass is 9.79. The summed E-state index contributed by atoms with van der Waals surface area (Å²) in [5.41, 5.74) is 3.77. The van der Waals surface area contributed by atoms with Crippen molar-refractivity contribution in [2.75, 3.05) is 25.2 Å². The lowest BCUT2D eigenvalue weighted by molar-refractivity contribution is -0.0851. The maximum Gasteiger partial charge on any atom is 0.0783 e. The summed E-state index contributed by atoms with van der Waals surface area (Å²) < 4.78 is 6.17. The Labute approximate surface area is 132 Å². The molecule has 3 unspecified atom stereocenters. The van der Waals surface area contributed by atoms with Crippen molar-refractivity contribution >= 4 is 11.8 Å². The summed E-state index contributed by atoms with van der Waals surface area (Å²) in [5.74, 6) is 3.07. The Hall–Kier alpha value is -0.580. The fourth-order valence-electron chi connectivity index (χ4n) is 3.88. The highest BCUT2D eigenvalue weighted by Crippen LogP contribution is 2.44. The smallest absolute Gasteiger partial charge is 0.0783 e. The van der Waals surface area contributed by atoms with Gasteiger partial charge >= 0.3 is 0 Å². The van der Waals surface area contributed by atoms with Gasteiger partial charge in [0, 0.05) is 29.8 Å². The lowest BCUT2D eigenvalue weighted by Crippen LogP contribution is -2.43. The summed E-state index contributed by atoms with van der Waals surface area (Å²) in [4.78, 5) is 4.65. The van der Waals surface area contributed by atoms with Gasteiger partial charge in [-0.25, -0.2) is 0 Å². The average molecular weight is 306 g/mol. The normalized spacial score (nSPS) is 30.7. The molecular formula is C17H26N2OS. The summed E-state index contributed by atoms with van der Waals surface area (Å²) in [6.45, 7) is 5.10. The second-order valence-corrected chi connectivity index (χ2v) is 7.59. The number of nitrogens with zero attached hydrogens (tertiary/aromatic N) is 1. The zero-order valence-electron chi connectivity index (χ0n) is 13.3. The van der Waals surface area contributed by atoms with Crippen molar-refractivity contribution in [1.29, 1.82) is 0 Å². The molecule has 0 amide bonds. The summed E-state index contributed by atoms with van der Waals surface area (Å²) in [6.07, 6.45) is 3.54. The molecule has 4 heteroatoms. The van der Waals surface area contributed by atoms with E-state index in [1.54, 1.807) is 0 Å². The molecule has 2 aliphatic heterocycles. The van der Waals surface area contributed by atoms with Gasteiger partial charge in [0.05, 0.1) is 5.60 Å². The van der Waals surface area contributed by atoms with Gasteiger partial charge in [0.2, 0.25) is 0 Å². The van der Waals surface area contributed by atoms with E-state index < -0.39 is 0 Å². The molecule has 3 atom stereocenters. The summed E-state index contributed by atoms with van der Waals surface area (Å²) in [7, 11) is 2.08. The Morgan fingerprint density at radius 3 is 2.95 bits per heavy atom. The van der Waals surface area contributed by atoms with Crippen LogP contribution in [0, 0.1) is 19.8 Å². The van der Waals surface area contributed by atoms with E-state index >= 15 is 0 Å². The number of nitrogens with one attached hydrogen (secondary N) is 1. The van der Waals surface area contributed by atoms with Gasteiger partial charge in [0.15, 0.2) is 0 Å². The fraction of sp³-hybridized carbons (Fsp3) is 0.706. The lowest BCUT2D eigenvalue weighted by Gasteiger charge is -2.41. The van der Waals surface area contributed by atoms with Crippen LogP contribution in [0.25, 0.3) is 0 Å². The fourth-order valence-corrected chi connectivity index (χ4v) is 5.26. The van der Waals surface area contributed by atoms with Crippen LogP contribution in [0.15, 0.2) is 12.1 Å². The van der Waals surface area contributed by atoms with Crippen molar-refractivity contribution in [3.63, 3.8) is 0 Å². The molecule has 2 fully saturated rings. The zero-order chi connectivity index (χ0) is 14.9. The third-order valence-electron chi connectivity index (χ3n) is 4.98. The predicted octanol–water partition coefficient (Wildman–Crippen LogP) is 3.26. The van der Waals surface area contributed by atoms with Gasteiger partial charge < -0.3 is 10.1 Å². The molecule has 2 aliphatic rings. The van der Waals surface area contributed by atoms with Gasteiger partial charge in [-0.05, 0) is 63.5 Å². The van der Waals surface area contributed by atoms with Gasteiger partial charge in [-0.1, -0.05) is 6.07 Å². The van der Waals surface area contributed by atoms with Crippen molar-refractivity contribution in [3.05, 3.63) is 29.1 Å². The first kappa shape index (κ1) is 15.3. The highest BCUT2D eigenvalue weighted by atomic mass is 32.2. The Kier molecular flexibility index (Phi) is 4.57. The van der Waals surface area contributed by atoms with Gasteiger partial charge in [0.25, 0.3) is 0 Å². The van der Waals surface area contributed by atoms with Gasteiger partial charge in [-0.3, -0.25) is 4.98 Å². The minimum absolute atomic E-state index is 0.148. The third kappa shape index (κ3) is 3.13. The minimum atomic E-state index is 0.148. The highest BCUT2D eigenvalue weighted by molar-refractivity contribution is 7.99. The summed E-state index contributed by atoms with van der Waals surface area (Å²) in [5, 5.41) is 3.55. The molecule has 1 N–H and O–H groups in total. The van der Waals surface area contributed by atoms with E-state index in [4.69, 9.17) is 4.74 Å². The van der Waals surface area contributed by atoms with E-state index in [-0.39, 0.29) is 5.60 Å². The number of rotatable bonds is 3. The molecule has 0 aromatic carbocycles. The Morgan fingerprint density at radius 1 is 1.43 bits per heavy atom. The highest BCUT2D eigenvalue weighted by Gasteiger charge is 2.42. The third-order valence-corrected chi connectivity index (χ3v) is 6.20. The first-order chi connectivity index (χ1) is 10.1. The maximum absolute atomic E-state index is 6.17. The molecule has 3 nitrogen and oxygen atoms in total. The number of pyridine rings is 1. The van der Waals surface area contributed by atoms with Crippen LogP contribution >= 0.6 is 11.8 Å². The SMILES string of the molecule is CNC(c1ccc(C)nc1C)C1CCOC2(CCSC2)C1. The largest absolute Gasteiger partial charge is 0.374 e. The molecule has 0 aliphatic carbocycles. The molecule has 3 rings (SSSR count). The Bertz CT molecular complexity index is 500. The van der Waals surface area contributed by atoms with Crippen LogP contribution in [0.1, 0.15) is 42.3 Å². The second-order valence-electron chi connectivity index (χ2n) is 6.48. The van der Waals surface area contributed by atoms with Crippen molar-refractivity contribution in [2.24, 2.45) is 5.92 Å². The molecule has 0 saturated carbocycles. The summed E-state index contributed by atoms with van der Waals surface area (Å²) >= 11 is 2.04. The summed E-state index contributed by atoms with van der Waals surface area (Å²) in [6, 6.07) is 4.78. The second kappa shape index (κ2) is 6.27. The van der Waals surface area contributed by atoms with Crippen molar-refractivity contribution in [3.8, 4) is 0 Å². The molecule has 3 heterocycles. The molecule has 2 saturated heterocycles. The van der Waals surface area contributed by atoms with Gasteiger partial charge in [0.1, 0.15) is 0 Å². The van der Waals surface area contributed by atoms with Gasteiger partial charge in [-0.15, -0.1) is 0 Å². The first-order valence-corrected chi connectivity index (χ1v) is 9.12. The predicted molar refractivity (Wildman–Crippen MR) is 88.9 cm³/mol. The quantitative estimate of drug-likeness (QED) is 0.929. The molecule has 116 valence electrons. The van der Waals surface area contributed by atoms with E-state index in [2.05, 4.69) is 43.3 Å². The number of hydrogen-bond donors (Lipinski definition) is 1. The molecule has 0 radical (unpaired) electrons. The zero-order valence-corrected chi connectivity index (χ0v) is 14.1. The van der Waals surface area contributed by atoms with Crippen molar-refractivity contribution < 1.29 is 4.74 Å². The van der Waals surface area contributed by atoms with E-state index in [9.17, 15) is 0 Å². The van der Waals surface area contributed by atoms with E-state index in [1.807, 2.05) is 11.8 Å². The van der Waals surface area contributed by atoms with E-state index in [1.165, 1.54) is 29.9 Å². The molecule has 1 spiro atoms. The Morgan fingerprint density at radius 2 is 2.29 bits per heavy atom. The number of ether oxygens (including phenoxy) is 1. The standard InChI is InChI=1S/C17H26N2OS/c1-12-4-5-15(13(2)19-12)16(18-3)14-6-8-20-17(10-14)7-9-21-11-17/h4-5,14,16,18H,6-11H2,1-3H3. The molecule has 1 aromatic heterocycles. The van der Waals surface area contributed by atoms with Crippen LogP contribution in [0.2, 0.25) is 0 Å². The van der Waals surface area contributed by atoms with Crippen LogP contribution in [0.3, 0.4) is 0 Å². The van der Waals surface area contributed by atoms with Crippen LogP contribution in [-0.2, 0) is 4.74 Å². The monoisotopic (exact) mass is 306 g/mol. The minimum Gasteiger partial charge on any atom is -0.374 e. The van der Waals surface area contributed by atoms with Crippen LogP contribution in [0.4, 0.5) is 0 Å². The average Bonchev–Trinajstić information content (AvgIpc) is 2.90. The molecular weight excluding hydrogens is 280 g/mol. The number of hydrogen-bond acceptors (Lipinski definition) is 4. The first-order valence-electron chi connectivity index (χ1n) is 7.97. The van der Waals surface area contributed by atoms with Gasteiger partial charge in [-0.2, -0.15) is 11.8 Å². The molecule has 1 aromatic rings. The van der Waals surface area contributed by atoms with Crippen LogP contribution in [0.5, 0.6) is 0 Å². The van der Waals surface area contributed by atoms with E-state index in [0.717, 1.165) is 24.4 Å². The number of aromatic nitrogens is 1. The van der Waals surface area contributed by atoms with Crippen LogP contribution in [-0.4, -0.2) is 35.7 Å². The Balaban J connectivity index is 1.82. The molecule has 21 heavy (non-hydrogen) atoms. The number of thioether (sulfide) groups is 1. The van der Waals surface area contributed by atoms with E-state index in [0.29, 0.717) is 12.0 Å². The topological polar surface area (TPSA) is 34.2 Å². The number of aryl methyl sites for hydroxylation is 2. The van der Waals surface area contributed by atoms with Crippen LogP contribution < -0.4 is 5.32 Å². The molecule has 0 bridgehead atoms. The van der Waals surface area contributed by atoms with Crippen molar-refractivity contribution in [1.82, 2.24) is 10.3 Å². The van der Waals surface area contributed by atoms with Crippen molar-refractivity contribution in [2.45, 2.75) is 44.8 Å². The maximum atomic E-state index is 6.17.